The monoisotopic (exact) mass is 294 g/mol. The van der Waals surface area contributed by atoms with Gasteiger partial charge >= 0.3 is 12.0 Å². The zero-order chi connectivity index (χ0) is 16.0. The lowest BCUT2D eigenvalue weighted by molar-refractivity contribution is -0.135. The van der Waals surface area contributed by atoms with Crippen LogP contribution in [0.5, 0.6) is 5.75 Å². The van der Waals surface area contributed by atoms with Crippen LogP contribution >= 0.6 is 0 Å². The lowest BCUT2D eigenvalue weighted by atomic mass is 10.0. The molecule has 3 N–H and O–H groups in total. The maximum atomic E-state index is 12.3. The Balaban J connectivity index is 2.94. The highest BCUT2D eigenvalue weighted by Crippen LogP contribution is 2.19. The lowest BCUT2D eigenvalue weighted by Gasteiger charge is -2.27. The van der Waals surface area contributed by atoms with Crippen LogP contribution in [0.2, 0.25) is 0 Å². The van der Waals surface area contributed by atoms with E-state index in [-0.39, 0.29) is 17.7 Å². The number of urea groups is 1. The zero-order valence-electron chi connectivity index (χ0n) is 12.5. The number of amides is 2. The van der Waals surface area contributed by atoms with E-state index in [9.17, 15) is 14.7 Å². The molecule has 6 nitrogen and oxygen atoms in total. The Morgan fingerprint density at radius 1 is 1.24 bits per heavy atom. The van der Waals surface area contributed by atoms with Crippen molar-refractivity contribution in [2.45, 2.75) is 33.2 Å². The zero-order valence-corrected chi connectivity index (χ0v) is 12.5. The van der Waals surface area contributed by atoms with Gasteiger partial charge in [0, 0.05) is 11.7 Å². The van der Waals surface area contributed by atoms with E-state index >= 15 is 0 Å². The number of aromatic hydroxyl groups is 1. The molecule has 116 valence electrons. The van der Waals surface area contributed by atoms with Crippen LogP contribution in [-0.2, 0) is 4.79 Å². The molecule has 0 aliphatic heterocycles. The number of phenolic OH excluding ortho intramolecular Hbond substituents is 1. The van der Waals surface area contributed by atoms with Gasteiger partial charge in [0.1, 0.15) is 12.3 Å². The molecule has 0 fully saturated rings. The first kappa shape index (κ1) is 16.8. The van der Waals surface area contributed by atoms with Crippen LogP contribution < -0.4 is 10.2 Å². The summed E-state index contributed by atoms with van der Waals surface area (Å²) in [6.07, 6.45) is 0.764. The van der Waals surface area contributed by atoms with E-state index in [0.29, 0.717) is 5.69 Å². The Morgan fingerprint density at radius 2 is 1.81 bits per heavy atom. The molecule has 0 aromatic heterocycles. The van der Waals surface area contributed by atoms with Gasteiger partial charge in [-0.05, 0) is 36.6 Å². The number of hydrogen-bond donors (Lipinski definition) is 3. The number of nitrogens with zero attached hydrogens (tertiary/aromatic N) is 1. The number of hydrogen-bond acceptors (Lipinski definition) is 3. The van der Waals surface area contributed by atoms with Gasteiger partial charge in [-0.3, -0.25) is 9.69 Å². The van der Waals surface area contributed by atoms with Crippen molar-refractivity contribution in [3.05, 3.63) is 24.3 Å². The van der Waals surface area contributed by atoms with Gasteiger partial charge in [0.15, 0.2) is 0 Å². The Labute approximate surface area is 124 Å². The van der Waals surface area contributed by atoms with Crippen molar-refractivity contribution in [2.75, 3.05) is 11.4 Å². The van der Waals surface area contributed by atoms with Gasteiger partial charge < -0.3 is 15.5 Å². The van der Waals surface area contributed by atoms with Gasteiger partial charge in [-0.15, -0.1) is 0 Å². The van der Waals surface area contributed by atoms with E-state index in [0.717, 1.165) is 11.3 Å². The number of rotatable bonds is 6. The summed E-state index contributed by atoms with van der Waals surface area (Å²) in [7, 11) is 0. The predicted octanol–water partition coefficient (Wildman–Crippen LogP) is 2.43. The minimum Gasteiger partial charge on any atom is -0.508 e. The summed E-state index contributed by atoms with van der Waals surface area (Å²) in [5.41, 5.74) is 0.423. The first-order valence-corrected chi connectivity index (χ1v) is 6.94. The third-order valence-corrected chi connectivity index (χ3v) is 3.25. The van der Waals surface area contributed by atoms with Crippen molar-refractivity contribution in [2.24, 2.45) is 5.92 Å². The number of nitrogens with one attached hydrogen (secondary N) is 1. The number of carboxylic acids is 1. The van der Waals surface area contributed by atoms with Crippen LogP contribution in [0.4, 0.5) is 10.5 Å². The molecular formula is C15H22N2O4. The number of anilines is 1. The molecule has 1 aromatic carbocycles. The molecule has 0 saturated carbocycles. The third kappa shape index (κ3) is 4.98. The van der Waals surface area contributed by atoms with Crippen LogP contribution in [-0.4, -0.2) is 34.8 Å². The van der Waals surface area contributed by atoms with Gasteiger partial charge in [-0.1, -0.05) is 20.8 Å². The maximum absolute atomic E-state index is 12.3. The summed E-state index contributed by atoms with van der Waals surface area (Å²) in [5, 5.41) is 21.1. The summed E-state index contributed by atoms with van der Waals surface area (Å²) in [5.74, 6) is -0.788. The summed E-state index contributed by atoms with van der Waals surface area (Å²) in [6, 6.07) is 5.37. The smallest absolute Gasteiger partial charge is 0.323 e. The number of carbonyl (C=O) groups excluding carboxylic acids is 1. The van der Waals surface area contributed by atoms with Gasteiger partial charge in [0.05, 0.1) is 0 Å². The molecule has 2 amide bonds. The van der Waals surface area contributed by atoms with Crippen molar-refractivity contribution in [3.63, 3.8) is 0 Å². The second-order valence-corrected chi connectivity index (χ2v) is 5.20. The second kappa shape index (κ2) is 7.52. The van der Waals surface area contributed by atoms with Crippen molar-refractivity contribution in [3.8, 4) is 5.75 Å². The predicted molar refractivity (Wildman–Crippen MR) is 80.5 cm³/mol. The molecule has 0 aliphatic rings. The van der Waals surface area contributed by atoms with Gasteiger partial charge in [0.25, 0.3) is 0 Å². The van der Waals surface area contributed by atoms with Crippen LogP contribution in [0.15, 0.2) is 24.3 Å². The van der Waals surface area contributed by atoms with Gasteiger partial charge in [-0.2, -0.15) is 0 Å². The van der Waals surface area contributed by atoms with E-state index in [1.807, 2.05) is 20.8 Å². The molecule has 1 atom stereocenters. The minimum absolute atomic E-state index is 0.0223. The van der Waals surface area contributed by atoms with Crippen LogP contribution in [0, 0.1) is 5.92 Å². The molecule has 1 unspecified atom stereocenters. The molecular weight excluding hydrogens is 272 g/mol. The number of carboxylic acid groups (broad SMARTS) is 1. The summed E-state index contributed by atoms with van der Waals surface area (Å²) in [6.45, 7) is 5.52. The molecule has 0 saturated heterocycles. The molecule has 1 aromatic rings. The molecule has 1 rings (SSSR count). The molecule has 0 bridgehead atoms. The van der Waals surface area contributed by atoms with E-state index < -0.39 is 18.5 Å². The van der Waals surface area contributed by atoms with E-state index in [2.05, 4.69) is 5.32 Å². The van der Waals surface area contributed by atoms with Crippen molar-refractivity contribution in [1.29, 1.82) is 0 Å². The highest BCUT2D eigenvalue weighted by Gasteiger charge is 2.22. The number of phenols is 1. The topological polar surface area (TPSA) is 89.9 Å². The molecule has 0 heterocycles. The Hall–Kier alpha value is -2.24. The fourth-order valence-electron chi connectivity index (χ4n) is 2.02. The van der Waals surface area contributed by atoms with Crippen molar-refractivity contribution in [1.82, 2.24) is 5.32 Å². The van der Waals surface area contributed by atoms with Crippen molar-refractivity contribution < 1.29 is 19.8 Å². The second-order valence-electron chi connectivity index (χ2n) is 5.20. The van der Waals surface area contributed by atoms with Crippen LogP contribution in [0.25, 0.3) is 0 Å². The van der Waals surface area contributed by atoms with Crippen LogP contribution in [0.3, 0.4) is 0 Å². The standard InChI is InChI=1S/C15H22N2O4/c1-4-13(10(2)3)16-15(21)17(9-14(19)20)11-5-7-12(18)8-6-11/h5-8,10,13,18H,4,9H2,1-3H3,(H,16,21)(H,19,20). The highest BCUT2D eigenvalue weighted by atomic mass is 16.4. The summed E-state index contributed by atoms with van der Waals surface area (Å²) < 4.78 is 0. The van der Waals surface area contributed by atoms with Crippen molar-refractivity contribution >= 4 is 17.7 Å². The first-order valence-electron chi connectivity index (χ1n) is 6.94. The van der Waals surface area contributed by atoms with E-state index in [4.69, 9.17) is 5.11 Å². The maximum Gasteiger partial charge on any atom is 0.323 e. The SMILES string of the molecule is CCC(NC(=O)N(CC(=O)O)c1ccc(O)cc1)C(C)C. The average molecular weight is 294 g/mol. The highest BCUT2D eigenvalue weighted by molar-refractivity contribution is 5.96. The van der Waals surface area contributed by atoms with Crippen LogP contribution in [0.1, 0.15) is 27.2 Å². The van der Waals surface area contributed by atoms with Gasteiger partial charge in [-0.25, -0.2) is 4.79 Å². The number of benzene rings is 1. The normalized spacial score (nSPS) is 12.0. The Morgan fingerprint density at radius 3 is 2.24 bits per heavy atom. The molecule has 0 spiro atoms. The van der Waals surface area contributed by atoms with E-state index in [1.165, 1.54) is 24.3 Å². The number of carbonyl (C=O) groups is 2. The molecule has 0 aliphatic carbocycles. The molecule has 6 heteroatoms. The first-order chi connectivity index (χ1) is 9.85. The Kier molecular flexibility index (Phi) is 6.02. The fourth-order valence-corrected chi connectivity index (χ4v) is 2.02. The number of aliphatic carboxylic acids is 1. The Bertz CT molecular complexity index is 485. The summed E-state index contributed by atoms with van der Waals surface area (Å²) in [4.78, 5) is 24.4. The fraction of sp³-hybridized carbons (Fsp3) is 0.467. The largest absolute Gasteiger partial charge is 0.508 e. The lowest BCUT2D eigenvalue weighted by Crippen LogP contribution is -2.48. The third-order valence-electron chi connectivity index (χ3n) is 3.25. The van der Waals surface area contributed by atoms with Gasteiger partial charge in [0.2, 0.25) is 0 Å². The quantitative estimate of drug-likeness (QED) is 0.751. The molecule has 21 heavy (non-hydrogen) atoms. The average Bonchev–Trinajstić information content (AvgIpc) is 2.42. The minimum atomic E-state index is -1.10. The van der Waals surface area contributed by atoms with E-state index in [1.54, 1.807) is 0 Å². The summed E-state index contributed by atoms with van der Waals surface area (Å²) >= 11 is 0. The molecule has 0 radical (unpaired) electrons.